The summed E-state index contributed by atoms with van der Waals surface area (Å²) in [5.41, 5.74) is 0.421. The molecule has 0 fully saturated rings. The lowest BCUT2D eigenvalue weighted by Crippen LogP contribution is -1.97. The van der Waals surface area contributed by atoms with Crippen molar-refractivity contribution < 1.29 is 13.0 Å². The highest BCUT2D eigenvalue weighted by Crippen LogP contribution is 2.09. The van der Waals surface area contributed by atoms with E-state index < -0.39 is 10.1 Å². The van der Waals surface area contributed by atoms with Crippen molar-refractivity contribution in [2.75, 3.05) is 0 Å². The van der Waals surface area contributed by atoms with Crippen LogP contribution in [0.2, 0.25) is 0 Å². The summed E-state index contributed by atoms with van der Waals surface area (Å²) in [6.07, 6.45) is 5.04. The maximum atomic E-state index is 10.6. The topological polar surface area (TPSA) is 54.4 Å². The molecule has 1 rings (SSSR count). The van der Waals surface area contributed by atoms with Gasteiger partial charge in [-0.3, -0.25) is 4.55 Å². The van der Waals surface area contributed by atoms with Gasteiger partial charge in [-0.25, -0.2) is 0 Å². The van der Waals surface area contributed by atoms with Crippen LogP contribution in [-0.2, 0) is 10.1 Å². The van der Waals surface area contributed by atoms with E-state index in [-0.39, 0.29) is 4.90 Å². The molecule has 0 amide bonds. The van der Waals surface area contributed by atoms with Crippen molar-refractivity contribution in [3.8, 4) is 12.3 Å². The normalized spacial score (nSPS) is 10.7. The van der Waals surface area contributed by atoms with E-state index in [1.54, 1.807) is 6.07 Å². The predicted octanol–water partition coefficient (Wildman–Crippen LogP) is 0.915. The lowest BCUT2D eigenvalue weighted by Gasteiger charge is -1.95. The van der Waals surface area contributed by atoms with Crippen LogP contribution >= 0.6 is 0 Å². The molecule has 0 radical (unpaired) electrons. The molecule has 0 atom stereocenters. The van der Waals surface area contributed by atoms with Gasteiger partial charge in [-0.2, -0.15) is 8.42 Å². The lowest BCUT2D eigenvalue weighted by molar-refractivity contribution is 0.483. The number of hydrogen-bond donors (Lipinski definition) is 1. The van der Waals surface area contributed by atoms with E-state index in [9.17, 15) is 8.42 Å². The van der Waals surface area contributed by atoms with Gasteiger partial charge in [-0.15, -0.1) is 6.42 Å². The molecule has 0 saturated carbocycles. The molecule has 1 aromatic rings. The lowest BCUT2D eigenvalue weighted by atomic mass is 10.2. The largest absolute Gasteiger partial charge is 0.294 e. The number of benzene rings is 1. The molecule has 0 bridgehead atoms. The summed E-state index contributed by atoms with van der Waals surface area (Å²) in [4.78, 5) is -0.182. The quantitative estimate of drug-likeness (QED) is 0.519. The third kappa shape index (κ3) is 1.84. The zero-order valence-electron chi connectivity index (χ0n) is 6.06. The summed E-state index contributed by atoms with van der Waals surface area (Å²) in [6, 6.07) is 5.55. The Morgan fingerprint density at radius 3 is 2.58 bits per heavy atom. The third-order valence-electron chi connectivity index (χ3n) is 1.30. The minimum Gasteiger partial charge on any atom is -0.282 e. The second kappa shape index (κ2) is 2.97. The van der Waals surface area contributed by atoms with E-state index in [2.05, 4.69) is 5.92 Å². The first-order chi connectivity index (χ1) is 5.54. The second-order valence-corrected chi connectivity index (χ2v) is 3.57. The van der Waals surface area contributed by atoms with Crippen LogP contribution < -0.4 is 0 Å². The summed E-state index contributed by atoms with van der Waals surface area (Å²) in [5.74, 6) is 2.26. The molecule has 3 nitrogen and oxygen atoms in total. The molecule has 0 unspecified atom stereocenters. The molecule has 0 heterocycles. The van der Waals surface area contributed by atoms with Gasteiger partial charge in [0.2, 0.25) is 0 Å². The first-order valence-corrected chi connectivity index (χ1v) is 4.52. The van der Waals surface area contributed by atoms with Crippen molar-refractivity contribution in [2.45, 2.75) is 4.90 Å². The van der Waals surface area contributed by atoms with Crippen molar-refractivity contribution in [3.63, 3.8) is 0 Å². The van der Waals surface area contributed by atoms with E-state index in [1.807, 2.05) is 0 Å². The van der Waals surface area contributed by atoms with Crippen LogP contribution in [0.5, 0.6) is 0 Å². The van der Waals surface area contributed by atoms with Gasteiger partial charge in [0.05, 0.1) is 4.90 Å². The number of rotatable bonds is 1. The van der Waals surface area contributed by atoms with Crippen LogP contribution in [0.1, 0.15) is 5.56 Å². The van der Waals surface area contributed by atoms with Crippen molar-refractivity contribution in [1.82, 2.24) is 0 Å². The molecule has 4 heteroatoms. The van der Waals surface area contributed by atoms with Crippen LogP contribution in [0.3, 0.4) is 0 Å². The van der Waals surface area contributed by atoms with Crippen LogP contribution in [0, 0.1) is 12.3 Å². The van der Waals surface area contributed by atoms with E-state index in [0.717, 1.165) is 0 Å². The average molecular weight is 182 g/mol. The Morgan fingerprint density at radius 2 is 2.08 bits per heavy atom. The SMILES string of the molecule is C#Cc1cccc(S(=O)(=O)O)c1. The van der Waals surface area contributed by atoms with Gasteiger partial charge < -0.3 is 0 Å². The van der Waals surface area contributed by atoms with Gasteiger partial charge in [0, 0.05) is 5.56 Å². The molecule has 0 saturated heterocycles. The Hall–Kier alpha value is -1.31. The standard InChI is InChI=1S/C8H6O3S/c1-2-7-4-3-5-8(6-7)12(9,10)11/h1,3-6H,(H,9,10,11). The van der Waals surface area contributed by atoms with Crippen molar-refractivity contribution >= 4 is 10.1 Å². The first-order valence-electron chi connectivity index (χ1n) is 3.08. The first kappa shape index (κ1) is 8.78. The molecule has 0 aliphatic carbocycles. The van der Waals surface area contributed by atoms with Gasteiger partial charge in [0.1, 0.15) is 0 Å². The molecule has 12 heavy (non-hydrogen) atoms. The summed E-state index contributed by atoms with van der Waals surface area (Å²) in [5, 5.41) is 0. The van der Waals surface area contributed by atoms with Crippen LogP contribution in [-0.4, -0.2) is 13.0 Å². The van der Waals surface area contributed by atoms with Gasteiger partial charge in [-0.05, 0) is 18.2 Å². The van der Waals surface area contributed by atoms with Gasteiger partial charge in [0.25, 0.3) is 10.1 Å². The van der Waals surface area contributed by atoms with Crippen LogP contribution in [0.15, 0.2) is 29.2 Å². The summed E-state index contributed by atoms with van der Waals surface area (Å²) in [7, 11) is -4.13. The maximum absolute atomic E-state index is 10.6. The number of terminal acetylenes is 1. The Morgan fingerprint density at radius 1 is 1.42 bits per heavy atom. The molecule has 0 aliphatic rings. The van der Waals surface area contributed by atoms with E-state index >= 15 is 0 Å². The van der Waals surface area contributed by atoms with E-state index in [4.69, 9.17) is 11.0 Å². The fraction of sp³-hybridized carbons (Fsp3) is 0. The fourth-order valence-corrected chi connectivity index (χ4v) is 1.27. The third-order valence-corrected chi connectivity index (χ3v) is 2.15. The minimum atomic E-state index is -4.13. The molecule has 0 spiro atoms. The van der Waals surface area contributed by atoms with Crippen molar-refractivity contribution in [2.24, 2.45) is 0 Å². The van der Waals surface area contributed by atoms with Crippen LogP contribution in [0.25, 0.3) is 0 Å². The molecule has 0 aliphatic heterocycles. The van der Waals surface area contributed by atoms with Crippen LogP contribution in [0.4, 0.5) is 0 Å². The molecule has 0 aromatic heterocycles. The highest BCUT2D eigenvalue weighted by atomic mass is 32.2. The van der Waals surface area contributed by atoms with Crippen molar-refractivity contribution in [3.05, 3.63) is 29.8 Å². The number of hydrogen-bond acceptors (Lipinski definition) is 2. The summed E-state index contributed by atoms with van der Waals surface area (Å²) in [6.45, 7) is 0. The smallest absolute Gasteiger partial charge is 0.282 e. The molecule has 1 aromatic carbocycles. The van der Waals surface area contributed by atoms with Gasteiger partial charge in [-0.1, -0.05) is 12.0 Å². The average Bonchev–Trinajstić information content (AvgIpc) is 2.03. The zero-order valence-corrected chi connectivity index (χ0v) is 6.88. The summed E-state index contributed by atoms with van der Waals surface area (Å²) >= 11 is 0. The van der Waals surface area contributed by atoms with Crippen molar-refractivity contribution in [1.29, 1.82) is 0 Å². The Kier molecular flexibility index (Phi) is 2.18. The molecular weight excluding hydrogens is 176 g/mol. The van der Waals surface area contributed by atoms with E-state index in [0.29, 0.717) is 5.56 Å². The zero-order chi connectivity index (χ0) is 9.19. The molecule has 1 N–H and O–H groups in total. The summed E-state index contributed by atoms with van der Waals surface area (Å²) < 4.78 is 29.8. The Balaban J connectivity index is 3.32. The fourth-order valence-electron chi connectivity index (χ4n) is 0.746. The van der Waals surface area contributed by atoms with E-state index in [1.165, 1.54) is 18.2 Å². The van der Waals surface area contributed by atoms with Gasteiger partial charge in [0.15, 0.2) is 0 Å². The molecule has 62 valence electrons. The molecular formula is C8H6O3S. The Bertz CT molecular complexity index is 426. The highest BCUT2D eigenvalue weighted by Gasteiger charge is 2.08. The predicted molar refractivity (Wildman–Crippen MR) is 44.2 cm³/mol. The Labute approximate surface area is 70.8 Å². The second-order valence-electron chi connectivity index (χ2n) is 2.15. The minimum absolute atomic E-state index is 0.182. The monoisotopic (exact) mass is 182 g/mol. The highest BCUT2D eigenvalue weighted by molar-refractivity contribution is 7.85. The maximum Gasteiger partial charge on any atom is 0.294 e. The van der Waals surface area contributed by atoms with Gasteiger partial charge >= 0.3 is 0 Å².